The third-order valence-electron chi connectivity index (χ3n) is 4.85. The highest BCUT2D eigenvalue weighted by atomic mass is 35.5. The number of nitrogens with zero attached hydrogens (tertiary/aromatic N) is 2. The van der Waals surface area contributed by atoms with E-state index >= 15 is 0 Å². The van der Waals surface area contributed by atoms with Gasteiger partial charge in [-0.3, -0.25) is 4.90 Å². The summed E-state index contributed by atoms with van der Waals surface area (Å²) in [5.41, 5.74) is 1.26. The maximum atomic E-state index is 6.10. The van der Waals surface area contributed by atoms with Crippen LogP contribution in [-0.4, -0.2) is 61.7 Å². The molecule has 2 fully saturated rings. The first-order chi connectivity index (χ1) is 11.3. The van der Waals surface area contributed by atoms with E-state index in [2.05, 4.69) is 39.0 Å². The van der Waals surface area contributed by atoms with Gasteiger partial charge in [-0.25, -0.2) is 0 Å². The fourth-order valence-electron chi connectivity index (χ4n) is 3.41. The van der Waals surface area contributed by atoms with Crippen molar-refractivity contribution in [2.75, 3.05) is 55.7 Å². The Morgan fingerprint density at radius 2 is 1.91 bits per heavy atom. The molecule has 2 aliphatic rings. The van der Waals surface area contributed by atoms with Crippen LogP contribution in [0.1, 0.15) is 19.3 Å². The smallest absolute Gasteiger partial charge is 0.0426 e. The van der Waals surface area contributed by atoms with Crippen LogP contribution in [0, 0.1) is 0 Å². The summed E-state index contributed by atoms with van der Waals surface area (Å²) < 4.78 is 0. The Balaban J connectivity index is 1.31. The fourth-order valence-corrected chi connectivity index (χ4v) is 4.70. The Labute approximate surface area is 149 Å². The molecule has 23 heavy (non-hydrogen) atoms. The molecule has 0 unspecified atom stereocenters. The minimum atomic E-state index is 0.774. The number of nitrogens with one attached hydrogen (secondary N) is 1. The lowest BCUT2D eigenvalue weighted by atomic mass is 10.1. The SMILES string of the molecule is Clc1cccc(N2CCN(CCCNC3CCSCC3)CC2)c1. The fraction of sp³-hybridized carbons (Fsp3) is 0.667. The van der Waals surface area contributed by atoms with Crippen molar-refractivity contribution in [3.63, 3.8) is 0 Å². The molecular formula is C18H28ClN3S. The monoisotopic (exact) mass is 353 g/mol. The Kier molecular flexibility index (Phi) is 6.94. The molecule has 0 saturated carbocycles. The molecule has 2 aliphatic heterocycles. The first-order valence-corrected chi connectivity index (χ1v) is 10.4. The van der Waals surface area contributed by atoms with E-state index in [1.807, 2.05) is 12.1 Å². The number of anilines is 1. The summed E-state index contributed by atoms with van der Waals surface area (Å²) in [5.74, 6) is 2.67. The highest BCUT2D eigenvalue weighted by Gasteiger charge is 2.17. The van der Waals surface area contributed by atoms with E-state index in [-0.39, 0.29) is 0 Å². The van der Waals surface area contributed by atoms with Crippen LogP contribution in [0.25, 0.3) is 0 Å². The minimum Gasteiger partial charge on any atom is -0.369 e. The van der Waals surface area contributed by atoms with Gasteiger partial charge >= 0.3 is 0 Å². The van der Waals surface area contributed by atoms with Gasteiger partial charge in [-0.2, -0.15) is 11.8 Å². The molecule has 0 radical (unpaired) electrons. The number of thioether (sulfide) groups is 1. The van der Waals surface area contributed by atoms with Crippen LogP contribution < -0.4 is 10.2 Å². The van der Waals surface area contributed by atoms with Crippen LogP contribution >= 0.6 is 23.4 Å². The summed E-state index contributed by atoms with van der Waals surface area (Å²) in [6.07, 6.45) is 3.97. The van der Waals surface area contributed by atoms with Crippen LogP contribution in [0.3, 0.4) is 0 Å². The molecule has 3 rings (SSSR count). The van der Waals surface area contributed by atoms with Gasteiger partial charge in [0.15, 0.2) is 0 Å². The predicted octanol–water partition coefficient (Wildman–Crippen LogP) is 3.34. The zero-order valence-electron chi connectivity index (χ0n) is 13.8. The molecule has 0 bridgehead atoms. The lowest BCUT2D eigenvalue weighted by molar-refractivity contribution is 0.252. The van der Waals surface area contributed by atoms with E-state index < -0.39 is 0 Å². The van der Waals surface area contributed by atoms with Crippen LogP contribution in [-0.2, 0) is 0 Å². The molecule has 0 aliphatic carbocycles. The van der Waals surface area contributed by atoms with Crippen molar-refractivity contribution < 1.29 is 0 Å². The number of hydrogen-bond donors (Lipinski definition) is 1. The number of hydrogen-bond acceptors (Lipinski definition) is 4. The summed E-state index contributed by atoms with van der Waals surface area (Å²) >= 11 is 8.19. The van der Waals surface area contributed by atoms with Crippen molar-refractivity contribution in [3.05, 3.63) is 29.3 Å². The molecule has 1 aromatic carbocycles. The molecule has 3 nitrogen and oxygen atoms in total. The molecule has 2 saturated heterocycles. The Hall–Kier alpha value is -0.420. The standard InChI is InChI=1S/C18H28ClN3S/c19-16-3-1-4-18(15-16)22-11-9-21(10-12-22)8-2-7-20-17-5-13-23-14-6-17/h1,3-4,15,17,20H,2,5-14H2. The Morgan fingerprint density at radius 1 is 1.13 bits per heavy atom. The summed E-state index contributed by atoms with van der Waals surface area (Å²) in [5, 5.41) is 4.57. The van der Waals surface area contributed by atoms with Gasteiger partial charge in [0, 0.05) is 42.9 Å². The zero-order chi connectivity index (χ0) is 15.9. The third kappa shape index (κ3) is 5.56. The number of rotatable bonds is 6. The minimum absolute atomic E-state index is 0.774. The van der Waals surface area contributed by atoms with E-state index in [0.717, 1.165) is 37.2 Å². The second kappa shape index (κ2) is 9.16. The molecular weight excluding hydrogens is 326 g/mol. The summed E-state index contributed by atoms with van der Waals surface area (Å²) in [6, 6.07) is 8.99. The molecule has 5 heteroatoms. The van der Waals surface area contributed by atoms with Crippen molar-refractivity contribution in [2.45, 2.75) is 25.3 Å². The number of piperazine rings is 1. The number of benzene rings is 1. The van der Waals surface area contributed by atoms with Crippen LogP contribution in [0.15, 0.2) is 24.3 Å². The van der Waals surface area contributed by atoms with E-state index in [1.54, 1.807) is 0 Å². The van der Waals surface area contributed by atoms with E-state index in [4.69, 9.17) is 11.6 Å². The topological polar surface area (TPSA) is 18.5 Å². The van der Waals surface area contributed by atoms with Crippen LogP contribution in [0.2, 0.25) is 5.02 Å². The van der Waals surface area contributed by atoms with Crippen molar-refractivity contribution in [3.8, 4) is 0 Å². The van der Waals surface area contributed by atoms with Gasteiger partial charge < -0.3 is 10.2 Å². The van der Waals surface area contributed by atoms with Gasteiger partial charge in [0.2, 0.25) is 0 Å². The highest BCUT2D eigenvalue weighted by molar-refractivity contribution is 7.99. The predicted molar refractivity (Wildman–Crippen MR) is 103 cm³/mol. The Bertz CT molecular complexity index is 471. The van der Waals surface area contributed by atoms with Crippen LogP contribution in [0.5, 0.6) is 0 Å². The van der Waals surface area contributed by atoms with Gasteiger partial charge in [0.25, 0.3) is 0 Å². The maximum Gasteiger partial charge on any atom is 0.0426 e. The largest absolute Gasteiger partial charge is 0.369 e. The lowest BCUT2D eigenvalue weighted by Gasteiger charge is -2.36. The van der Waals surface area contributed by atoms with Crippen LogP contribution in [0.4, 0.5) is 5.69 Å². The van der Waals surface area contributed by atoms with E-state index in [0.29, 0.717) is 0 Å². The average Bonchev–Trinajstić information content (AvgIpc) is 2.60. The van der Waals surface area contributed by atoms with Gasteiger partial charge in [-0.15, -0.1) is 0 Å². The maximum absolute atomic E-state index is 6.10. The molecule has 0 atom stereocenters. The van der Waals surface area contributed by atoms with E-state index in [1.165, 1.54) is 49.5 Å². The second-order valence-electron chi connectivity index (χ2n) is 6.50. The normalized spacial score (nSPS) is 20.8. The second-order valence-corrected chi connectivity index (χ2v) is 8.16. The molecule has 128 valence electrons. The van der Waals surface area contributed by atoms with Crippen molar-refractivity contribution >= 4 is 29.1 Å². The summed E-state index contributed by atoms with van der Waals surface area (Å²) in [4.78, 5) is 5.04. The highest BCUT2D eigenvalue weighted by Crippen LogP contribution is 2.21. The Morgan fingerprint density at radius 3 is 2.65 bits per heavy atom. The molecule has 0 spiro atoms. The zero-order valence-corrected chi connectivity index (χ0v) is 15.4. The van der Waals surface area contributed by atoms with Gasteiger partial charge in [-0.05, 0) is 62.1 Å². The molecule has 0 aromatic heterocycles. The average molecular weight is 354 g/mol. The van der Waals surface area contributed by atoms with Crippen molar-refractivity contribution in [2.24, 2.45) is 0 Å². The van der Waals surface area contributed by atoms with Crippen molar-refractivity contribution in [1.29, 1.82) is 0 Å². The van der Waals surface area contributed by atoms with Gasteiger partial charge in [0.1, 0.15) is 0 Å². The molecule has 1 aromatic rings. The number of halogens is 1. The lowest BCUT2D eigenvalue weighted by Crippen LogP contribution is -2.47. The third-order valence-corrected chi connectivity index (χ3v) is 6.13. The van der Waals surface area contributed by atoms with Gasteiger partial charge in [-0.1, -0.05) is 17.7 Å². The summed E-state index contributed by atoms with van der Waals surface area (Å²) in [6.45, 7) is 6.92. The summed E-state index contributed by atoms with van der Waals surface area (Å²) in [7, 11) is 0. The van der Waals surface area contributed by atoms with E-state index in [9.17, 15) is 0 Å². The molecule has 0 amide bonds. The molecule has 2 heterocycles. The van der Waals surface area contributed by atoms with Crippen molar-refractivity contribution in [1.82, 2.24) is 10.2 Å². The first kappa shape index (κ1) is 17.4. The molecule has 1 N–H and O–H groups in total. The first-order valence-electron chi connectivity index (χ1n) is 8.85. The van der Waals surface area contributed by atoms with Gasteiger partial charge in [0.05, 0.1) is 0 Å². The quantitative estimate of drug-likeness (QED) is 0.790.